The van der Waals surface area contributed by atoms with Crippen molar-refractivity contribution < 1.29 is 4.74 Å². The molecule has 1 N–H and O–H groups in total. The van der Waals surface area contributed by atoms with E-state index >= 15 is 0 Å². The topological polar surface area (TPSA) is 41.1 Å². The van der Waals surface area contributed by atoms with Crippen LogP contribution in [-0.2, 0) is 4.74 Å². The maximum absolute atomic E-state index is 5.47. The Morgan fingerprint density at radius 1 is 1.50 bits per heavy atom. The molecule has 1 aromatic rings. The molecule has 0 aliphatic carbocycles. The van der Waals surface area contributed by atoms with Crippen LogP contribution in [0, 0.1) is 12.8 Å². The first-order valence-electron chi connectivity index (χ1n) is 7.13. The second-order valence-electron chi connectivity index (χ2n) is 5.80. The van der Waals surface area contributed by atoms with Gasteiger partial charge >= 0.3 is 0 Å². The third-order valence-corrected chi connectivity index (χ3v) is 4.19. The van der Waals surface area contributed by atoms with Crippen LogP contribution in [0.25, 0.3) is 0 Å². The van der Waals surface area contributed by atoms with Crippen molar-refractivity contribution in [3.63, 3.8) is 0 Å². The standard InChI is InChI=1S/C14H23N3O/c1-11-7-14(16-15-11)13-3-2-5-17(9-13)8-12-4-6-18-10-12/h7,12-13H,2-6,8-10H2,1H3,(H,15,16). The molecule has 2 fully saturated rings. The number of hydrogen-bond donors (Lipinski definition) is 1. The second kappa shape index (κ2) is 5.41. The minimum absolute atomic E-state index is 0.617. The smallest absolute Gasteiger partial charge is 0.0668 e. The highest BCUT2D eigenvalue weighted by Crippen LogP contribution is 2.27. The van der Waals surface area contributed by atoms with Gasteiger partial charge in [0.25, 0.3) is 0 Å². The molecule has 3 rings (SSSR count). The minimum atomic E-state index is 0.617. The van der Waals surface area contributed by atoms with Crippen LogP contribution in [0.4, 0.5) is 0 Å². The summed E-state index contributed by atoms with van der Waals surface area (Å²) in [5.74, 6) is 1.37. The van der Waals surface area contributed by atoms with Gasteiger partial charge in [0.05, 0.1) is 12.3 Å². The highest BCUT2D eigenvalue weighted by molar-refractivity contribution is 5.13. The van der Waals surface area contributed by atoms with Gasteiger partial charge in [-0.3, -0.25) is 5.10 Å². The highest BCUT2D eigenvalue weighted by atomic mass is 16.5. The summed E-state index contributed by atoms with van der Waals surface area (Å²) in [5, 5.41) is 7.49. The lowest BCUT2D eigenvalue weighted by Crippen LogP contribution is -2.38. The lowest BCUT2D eigenvalue weighted by molar-refractivity contribution is 0.149. The molecular weight excluding hydrogens is 226 g/mol. The normalized spacial score (nSPS) is 29.8. The Morgan fingerprint density at radius 2 is 2.44 bits per heavy atom. The lowest BCUT2D eigenvalue weighted by Gasteiger charge is -2.33. The fourth-order valence-corrected chi connectivity index (χ4v) is 3.20. The van der Waals surface area contributed by atoms with Crippen molar-refractivity contribution in [2.45, 2.75) is 32.1 Å². The maximum atomic E-state index is 5.47. The van der Waals surface area contributed by atoms with Crippen molar-refractivity contribution in [3.8, 4) is 0 Å². The van der Waals surface area contributed by atoms with Crippen LogP contribution >= 0.6 is 0 Å². The van der Waals surface area contributed by atoms with Crippen LogP contribution in [0.15, 0.2) is 6.07 Å². The summed E-state index contributed by atoms with van der Waals surface area (Å²) >= 11 is 0. The van der Waals surface area contributed by atoms with E-state index in [-0.39, 0.29) is 0 Å². The molecular formula is C14H23N3O. The van der Waals surface area contributed by atoms with E-state index in [0.717, 1.165) is 19.1 Å². The number of rotatable bonds is 3. The predicted molar refractivity (Wildman–Crippen MR) is 70.7 cm³/mol. The fourth-order valence-electron chi connectivity index (χ4n) is 3.20. The average Bonchev–Trinajstić information content (AvgIpc) is 3.01. The van der Waals surface area contributed by atoms with Gasteiger partial charge in [-0.25, -0.2) is 0 Å². The van der Waals surface area contributed by atoms with E-state index in [4.69, 9.17) is 4.74 Å². The number of ether oxygens (including phenoxy) is 1. The van der Waals surface area contributed by atoms with Gasteiger partial charge in [0.15, 0.2) is 0 Å². The molecule has 1 aromatic heterocycles. The van der Waals surface area contributed by atoms with Gasteiger partial charge in [-0.05, 0) is 44.7 Å². The van der Waals surface area contributed by atoms with Crippen LogP contribution in [0.3, 0.4) is 0 Å². The van der Waals surface area contributed by atoms with Gasteiger partial charge in [0.1, 0.15) is 0 Å². The first-order valence-corrected chi connectivity index (χ1v) is 7.13. The number of nitrogens with one attached hydrogen (secondary N) is 1. The molecule has 0 radical (unpaired) electrons. The van der Waals surface area contributed by atoms with Gasteiger partial charge in [-0.2, -0.15) is 5.10 Å². The first kappa shape index (κ1) is 12.2. The molecule has 4 nitrogen and oxygen atoms in total. The summed E-state index contributed by atoms with van der Waals surface area (Å²) in [6.07, 6.45) is 3.81. The third kappa shape index (κ3) is 2.75. The van der Waals surface area contributed by atoms with Crippen molar-refractivity contribution in [2.24, 2.45) is 5.92 Å². The molecule has 3 heterocycles. The number of aromatic amines is 1. The van der Waals surface area contributed by atoms with E-state index in [1.54, 1.807) is 0 Å². The Balaban J connectivity index is 1.57. The number of H-pyrrole nitrogens is 1. The van der Waals surface area contributed by atoms with Gasteiger partial charge < -0.3 is 9.64 Å². The first-order chi connectivity index (χ1) is 8.81. The summed E-state index contributed by atoms with van der Waals surface area (Å²) in [6.45, 7) is 7.62. The Bertz CT molecular complexity index is 384. The maximum Gasteiger partial charge on any atom is 0.0668 e. The van der Waals surface area contributed by atoms with Gasteiger partial charge in [-0.1, -0.05) is 0 Å². The van der Waals surface area contributed by atoms with Gasteiger partial charge in [0.2, 0.25) is 0 Å². The number of hydrogen-bond acceptors (Lipinski definition) is 3. The fraction of sp³-hybridized carbons (Fsp3) is 0.786. The Hall–Kier alpha value is -0.870. The summed E-state index contributed by atoms with van der Waals surface area (Å²) in [4.78, 5) is 2.61. The van der Waals surface area contributed by atoms with Crippen LogP contribution in [0.5, 0.6) is 0 Å². The molecule has 4 heteroatoms. The Kier molecular flexibility index (Phi) is 3.66. The molecule has 0 aromatic carbocycles. The largest absolute Gasteiger partial charge is 0.381 e. The number of aryl methyl sites for hydroxylation is 1. The lowest BCUT2D eigenvalue weighted by atomic mass is 9.93. The van der Waals surface area contributed by atoms with Crippen molar-refractivity contribution in [1.29, 1.82) is 0 Å². The van der Waals surface area contributed by atoms with Crippen molar-refractivity contribution in [1.82, 2.24) is 15.1 Å². The van der Waals surface area contributed by atoms with Crippen LogP contribution in [0.2, 0.25) is 0 Å². The van der Waals surface area contributed by atoms with Crippen LogP contribution in [-0.4, -0.2) is 47.9 Å². The number of aromatic nitrogens is 2. The SMILES string of the molecule is Cc1cc(C2CCCN(CC3CCOC3)C2)n[nH]1. The van der Waals surface area contributed by atoms with Crippen molar-refractivity contribution in [2.75, 3.05) is 32.8 Å². The molecule has 2 atom stereocenters. The number of likely N-dealkylation sites (tertiary alicyclic amines) is 1. The molecule has 2 saturated heterocycles. The number of piperidine rings is 1. The van der Waals surface area contributed by atoms with E-state index in [0.29, 0.717) is 5.92 Å². The molecule has 0 spiro atoms. The Morgan fingerprint density at radius 3 is 3.17 bits per heavy atom. The minimum Gasteiger partial charge on any atom is -0.381 e. The molecule has 2 aliphatic rings. The Labute approximate surface area is 109 Å². The zero-order valence-corrected chi connectivity index (χ0v) is 11.2. The van der Waals surface area contributed by atoms with Crippen molar-refractivity contribution >= 4 is 0 Å². The van der Waals surface area contributed by atoms with E-state index in [1.807, 2.05) is 0 Å². The summed E-state index contributed by atoms with van der Waals surface area (Å²) < 4.78 is 5.47. The molecule has 18 heavy (non-hydrogen) atoms. The monoisotopic (exact) mass is 249 g/mol. The van der Waals surface area contributed by atoms with E-state index < -0.39 is 0 Å². The third-order valence-electron chi connectivity index (χ3n) is 4.19. The zero-order valence-electron chi connectivity index (χ0n) is 11.2. The van der Waals surface area contributed by atoms with Crippen LogP contribution < -0.4 is 0 Å². The summed E-state index contributed by atoms with van der Waals surface area (Å²) in [7, 11) is 0. The highest BCUT2D eigenvalue weighted by Gasteiger charge is 2.26. The average molecular weight is 249 g/mol. The molecule has 0 bridgehead atoms. The summed E-state index contributed by atoms with van der Waals surface area (Å²) in [5.41, 5.74) is 2.42. The molecule has 100 valence electrons. The predicted octanol–water partition coefficient (Wildman–Crippen LogP) is 1.93. The van der Waals surface area contributed by atoms with Gasteiger partial charge in [0, 0.05) is 31.3 Å². The van der Waals surface area contributed by atoms with E-state index in [1.165, 1.54) is 50.3 Å². The molecule has 2 aliphatic heterocycles. The molecule has 0 amide bonds. The van der Waals surface area contributed by atoms with Crippen molar-refractivity contribution in [3.05, 3.63) is 17.5 Å². The second-order valence-corrected chi connectivity index (χ2v) is 5.80. The summed E-state index contributed by atoms with van der Waals surface area (Å²) in [6, 6.07) is 2.20. The van der Waals surface area contributed by atoms with Crippen LogP contribution in [0.1, 0.15) is 36.6 Å². The molecule has 0 saturated carbocycles. The molecule has 2 unspecified atom stereocenters. The quantitative estimate of drug-likeness (QED) is 0.890. The van der Waals surface area contributed by atoms with Gasteiger partial charge in [-0.15, -0.1) is 0 Å². The van der Waals surface area contributed by atoms with E-state index in [2.05, 4.69) is 28.1 Å². The zero-order chi connectivity index (χ0) is 12.4. The number of nitrogens with zero attached hydrogens (tertiary/aromatic N) is 2. The van der Waals surface area contributed by atoms with E-state index in [9.17, 15) is 0 Å².